The molecule has 1 aliphatic heterocycles. The van der Waals surface area contributed by atoms with Crippen molar-refractivity contribution >= 4 is 28.2 Å². The van der Waals surface area contributed by atoms with Gasteiger partial charge in [-0.05, 0) is 42.0 Å². The van der Waals surface area contributed by atoms with E-state index in [0.717, 1.165) is 35.9 Å². The predicted octanol–water partition coefficient (Wildman–Crippen LogP) is 2.87. The molecule has 3 N–H and O–H groups in total. The van der Waals surface area contributed by atoms with Crippen LogP contribution in [0.2, 0.25) is 0 Å². The molecule has 0 bridgehead atoms. The Morgan fingerprint density at radius 2 is 2.33 bits per heavy atom. The van der Waals surface area contributed by atoms with Crippen LogP contribution in [-0.4, -0.2) is 24.1 Å². The number of anilines is 2. The van der Waals surface area contributed by atoms with Crippen LogP contribution in [0.25, 0.3) is 0 Å². The topological polar surface area (TPSA) is 66.0 Å². The second-order valence-electron chi connectivity index (χ2n) is 4.95. The van der Waals surface area contributed by atoms with Crippen molar-refractivity contribution in [2.45, 2.75) is 19.3 Å². The molecule has 2 amide bonds. The van der Waals surface area contributed by atoms with E-state index in [1.54, 1.807) is 0 Å². The minimum atomic E-state index is -0.173. The smallest absolute Gasteiger partial charge is 0.319 e. The predicted molar refractivity (Wildman–Crippen MR) is 86.1 cm³/mol. The Kier molecular flexibility index (Phi) is 4.35. The summed E-state index contributed by atoms with van der Waals surface area (Å²) in [7, 11) is 0. The monoisotopic (exact) mass is 302 g/mol. The fraction of sp³-hybridized carbons (Fsp3) is 0.333. The van der Waals surface area contributed by atoms with Crippen molar-refractivity contribution in [3.8, 4) is 0 Å². The Balaban J connectivity index is 1.48. The number of hydrogen-bond donors (Lipinski definition) is 3. The molecule has 6 heteroatoms. The summed E-state index contributed by atoms with van der Waals surface area (Å²) in [6.07, 6.45) is 2.99. The molecular formula is C15H18N4OS. The van der Waals surface area contributed by atoms with Crippen LogP contribution in [0.15, 0.2) is 29.6 Å². The third-order valence-corrected chi connectivity index (χ3v) is 4.16. The standard InChI is InChI=1S/C15H18N4OS/c20-15(19-13-4-2-10-21-13)17-9-7-12-6-5-11-3-1-8-16-14(11)18-12/h2,4-6,10H,1,3,7-9H2,(H,16,18)(H2,17,19,20). The van der Waals surface area contributed by atoms with E-state index in [0.29, 0.717) is 6.54 Å². The molecule has 110 valence electrons. The first-order valence-electron chi connectivity index (χ1n) is 7.12. The molecule has 0 unspecified atom stereocenters. The average molecular weight is 302 g/mol. The highest BCUT2D eigenvalue weighted by Gasteiger charge is 2.10. The van der Waals surface area contributed by atoms with Gasteiger partial charge in [0.25, 0.3) is 0 Å². The quantitative estimate of drug-likeness (QED) is 0.813. The largest absolute Gasteiger partial charge is 0.370 e. The SMILES string of the molecule is O=C(NCCc1ccc2c(n1)NCCC2)Nc1cccs1. The highest BCUT2D eigenvalue weighted by Crippen LogP contribution is 2.19. The van der Waals surface area contributed by atoms with Crippen LogP contribution in [-0.2, 0) is 12.8 Å². The maximum Gasteiger partial charge on any atom is 0.319 e. The molecule has 0 atom stereocenters. The lowest BCUT2D eigenvalue weighted by molar-refractivity contribution is 0.252. The molecule has 5 nitrogen and oxygen atoms in total. The lowest BCUT2D eigenvalue weighted by Crippen LogP contribution is -2.30. The third kappa shape index (κ3) is 3.72. The van der Waals surface area contributed by atoms with Crippen LogP contribution in [0.4, 0.5) is 15.6 Å². The van der Waals surface area contributed by atoms with Gasteiger partial charge in [-0.3, -0.25) is 5.32 Å². The van der Waals surface area contributed by atoms with Gasteiger partial charge in [0.15, 0.2) is 0 Å². The fourth-order valence-corrected chi connectivity index (χ4v) is 2.93. The van der Waals surface area contributed by atoms with Gasteiger partial charge in [-0.2, -0.15) is 0 Å². The molecule has 3 heterocycles. The van der Waals surface area contributed by atoms with Crippen molar-refractivity contribution in [3.63, 3.8) is 0 Å². The molecule has 1 aliphatic rings. The summed E-state index contributed by atoms with van der Waals surface area (Å²) in [5.41, 5.74) is 2.29. The molecule has 0 saturated carbocycles. The van der Waals surface area contributed by atoms with E-state index in [2.05, 4.69) is 27.0 Å². The number of amides is 2. The van der Waals surface area contributed by atoms with Gasteiger partial charge < -0.3 is 10.6 Å². The number of hydrogen-bond acceptors (Lipinski definition) is 4. The zero-order valence-electron chi connectivity index (χ0n) is 11.7. The van der Waals surface area contributed by atoms with Gasteiger partial charge in [-0.15, -0.1) is 11.3 Å². The van der Waals surface area contributed by atoms with Crippen molar-refractivity contribution in [2.24, 2.45) is 0 Å². The first-order chi connectivity index (χ1) is 10.3. The molecule has 0 fully saturated rings. The van der Waals surface area contributed by atoms with E-state index in [1.165, 1.54) is 23.3 Å². The molecule has 0 radical (unpaired) electrons. The van der Waals surface area contributed by atoms with Crippen molar-refractivity contribution < 1.29 is 4.79 Å². The van der Waals surface area contributed by atoms with Crippen LogP contribution < -0.4 is 16.0 Å². The maximum absolute atomic E-state index is 11.7. The highest BCUT2D eigenvalue weighted by molar-refractivity contribution is 7.14. The first-order valence-corrected chi connectivity index (χ1v) is 8.00. The van der Waals surface area contributed by atoms with Crippen LogP contribution in [0.1, 0.15) is 17.7 Å². The van der Waals surface area contributed by atoms with Gasteiger partial charge in [0, 0.05) is 25.2 Å². The van der Waals surface area contributed by atoms with Crippen molar-refractivity contribution in [1.29, 1.82) is 0 Å². The van der Waals surface area contributed by atoms with Crippen LogP contribution in [0, 0.1) is 0 Å². The number of carbonyl (C=O) groups excluding carboxylic acids is 1. The minimum absolute atomic E-state index is 0.173. The minimum Gasteiger partial charge on any atom is -0.370 e. The summed E-state index contributed by atoms with van der Waals surface area (Å²) in [5.74, 6) is 1.00. The Labute approximate surface area is 127 Å². The Hall–Kier alpha value is -2.08. The van der Waals surface area contributed by atoms with Gasteiger partial charge in [0.2, 0.25) is 0 Å². The van der Waals surface area contributed by atoms with E-state index >= 15 is 0 Å². The molecule has 3 rings (SSSR count). The summed E-state index contributed by atoms with van der Waals surface area (Å²) in [5, 5.41) is 11.7. The van der Waals surface area contributed by atoms with Crippen molar-refractivity contribution in [1.82, 2.24) is 10.3 Å². The molecule has 21 heavy (non-hydrogen) atoms. The number of aryl methyl sites for hydroxylation is 1. The Morgan fingerprint density at radius 1 is 1.38 bits per heavy atom. The molecule has 2 aromatic heterocycles. The van der Waals surface area contributed by atoms with Gasteiger partial charge in [-0.1, -0.05) is 6.07 Å². The maximum atomic E-state index is 11.7. The number of urea groups is 1. The van der Waals surface area contributed by atoms with E-state index in [-0.39, 0.29) is 6.03 Å². The number of rotatable bonds is 4. The van der Waals surface area contributed by atoms with Crippen LogP contribution in [0.3, 0.4) is 0 Å². The van der Waals surface area contributed by atoms with Crippen molar-refractivity contribution in [2.75, 3.05) is 23.7 Å². The number of carbonyl (C=O) groups is 1. The average Bonchev–Trinajstić information content (AvgIpc) is 3.00. The van der Waals surface area contributed by atoms with Gasteiger partial charge in [0.05, 0.1) is 5.00 Å². The summed E-state index contributed by atoms with van der Waals surface area (Å²) < 4.78 is 0. The summed E-state index contributed by atoms with van der Waals surface area (Å²) in [4.78, 5) is 16.3. The van der Waals surface area contributed by atoms with Gasteiger partial charge in [0.1, 0.15) is 5.82 Å². The van der Waals surface area contributed by atoms with Crippen LogP contribution >= 0.6 is 11.3 Å². The normalized spacial score (nSPS) is 13.1. The summed E-state index contributed by atoms with van der Waals surface area (Å²) >= 11 is 1.50. The van der Waals surface area contributed by atoms with Gasteiger partial charge in [-0.25, -0.2) is 9.78 Å². The second kappa shape index (κ2) is 6.58. The van der Waals surface area contributed by atoms with Crippen molar-refractivity contribution in [3.05, 3.63) is 40.9 Å². The van der Waals surface area contributed by atoms with E-state index < -0.39 is 0 Å². The third-order valence-electron chi connectivity index (χ3n) is 3.38. The number of fused-ring (bicyclic) bond motifs is 1. The summed E-state index contributed by atoms with van der Waals surface area (Å²) in [6, 6.07) is 7.79. The van der Waals surface area contributed by atoms with Crippen LogP contribution in [0.5, 0.6) is 0 Å². The number of pyridine rings is 1. The molecule has 2 aromatic rings. The zero-order chi connectivity index (χ0) is 14.5. The molecule has 0 aliphatic carbocycles. The highest BCUT2D eigenvalue weighted by atomic mass is 32.1. The number of thiophene rings is 1. The summed E-state index contributed by atoms with van der Waals surface area (Å²) in [6.45, 7) is 1.56. The van der Waals surface area contributed by atoms with Gasteiger partial charge >= 0.3 is 6.03 Å². The Morgan fingerprint density at radius 3 is 3.19 bits per heavy atom. The lowest BCUT2D eigenvalue weighted by Gasteiger charge is -2.17. The van der Waals surface area contributed by atoms with E-state index in [4.69, 9.17) is 0 Å². The second-order valence-corrected chi connectivity index (χ2v) is 5.90. The molecule has 0 aromatic carbocycles. The molecule has 0 saturated heterocycles. The lowest BCUT2D eigenvalue weighted by atomic mass is 10.1. The number of aromatic nitrogens is 1. The number of nitrogens with one attached hydrogen (secondary N) is 3. The number of nitrogens with zero attached hydrogens (tertiary/aromatic N) is 1. The first kappa shape index (κ1) is 13.9. The van der Waals surface area contributed by atoms with E-state index in [9.17, 15) is 4.79 Å². The zero-order valence-corrected chi connectivity index (χ0v) is 12.5. The van der Waals surface area contributed by atoms with E-state index in [1.807, 2.05) is 23.6 Å². The fourth-order valence-electron chi connectivity index (χ4n) is 2.32. The Bertz CT molecular complexity index is 612. The molecular weight excluding hydrogens is 284 g/mol. The molecule has 0 spiro atoms.